The van der Waals surface area contributed by atoms with E-state index in [1.54, 1.807) is 0 Å². The summed E-state index contributed by atoms with van der Waals surface area (Å²) in [5, 5.41) is 2.88. The van der Waals surface area contributed by atoms with Crippen LogP contribution in [0.2, 0.25) is 0 Å². The molecule has 0 unspecified atom stereocenters. The lowest BCUT2D eigenvalue weighted by molar-refractivity contribution is 0.0951. The molecule has 0 radical (unpaired) electrons. The van der Waals surface area contributed by atoms with Gasteiger partial charge in [0.25, 0.3) is 15.9 Å². The normalized spacial score (nSPS) is 15.3. The number of benzene rings is 2. The first-order chi connectivity index (χ1) is 14.8. The Hall–Kier alpha value is -2.52. The molecule has 1 aliphatic rings. The first kappa shape index (κ1) is 23.1. The Morgan fingerprint density at radius 1 is 0.935 bits per heavy atom. The van der Waals surface area contributed by atoms with Gasteiger partial charge in [-0.3, -0.25) is 9.52 Å². The number of halogens is 2. The number of anilines is 1. The number of hydrogen-bond acceptors (Lipinski definition) is 4. The molecule has 31 heavy (non-hydrogen) atoms. The van der Waals surface area contributed by atoms with Crippen molar-refractivity contribution in [3.63, 3.8) is 0 Å². The lowest BCUT2D eigenvalue weighted by atomic mass is 10.2. The highest BCUT2D eigenvalue weighted by Crippen LogP contribution is 2.19. The standard InChI is InChI=1S/C22H27F2N3O3S/c23-20-11-10-19(16-21(20)24)31(29,30)26-18-8-6-17(7-9-18)22(28)25-12-5-15-27-13-3-1-2-4-14-27/h6-11,16,26H,1-5,12-15H2,(H,25,28). The molecule has 2 aromatic carbocycles. The highest BCUT2D eigenvalue weighted by molar-refractivity contribution is 7.92. The fourth-order valence-electron chi connectivity index (χ4n) is 3.51. The van der Waals surface area contributed by atoms with Gasteiger partial charge in [-0.1, -0.05) is 12.8 Å². The highest BCUT2D eigenvalue weighted by Gasteiger charge is 2.17. The number of carbonyl (C=O) groups is 1. The van der Waals surface area contributed by atoms with E-state index in [0.717, 1.165) is 38.2 Å². The van der Waals surface area contributed by atoms with Gasteiger partial charge in [0.2, 0.25) is 0 Å². The summed E-state index contributed by atoms with van der Waals surface area (Å²) in [6, 6.07) is 8.26. The van der Waals surface area contributed by atoms with E-state index in [1.807, 2.05) is 0 Å². The van der Waals surface area contributed by atoms with Gasteiger partial charge in [0.1, 0.15) is 0 Å². The van der Waals surface area contributed by atoms with Crippen molar-refractivity contribution in [1.82, 2.24) is 10.2 Å². The molecule has 1 aliphatic heterocycles. The van der Waals surface area contributed by atoms with Crippen molar-refractivity contribution >= 4 is 21.6 Å². The number of carbonyl (C=O) groups excluding carboxylic acids is 1. The Morgan fingerprint density at radius 3 is 2.26 bits per heavy atom. The second-order valence-corrected chi connectivity index (χ2v) is 9.31. The van der Waals surface area contributed by atoms with E-state index in [0.29, 0.717) is 18.2 Å². The quantitative estimate of drug-likeness (QED) is 0.599. The summed E-state index contributed by atoms with van der Waals surface area (Å²) >= 11 is 0. The second kappa shape index (κ2) is 10.7. The summed E-state index contributed by atoms with van der Waals surface area (Å²) in [5.74, 6) is -2.60. The van der Waals surface area contributed by atoms with Crippen LogP contribution in [0, 0.1) is 11.6 Å². The first-order valence-electron chi connectivity index (χ1n) is 10.4. The monoisotopic (exact) mass is 451 g/mol. The molecule has 1 amide bonds. The maximum Gasteiger partial charge on any atom is 0.261 e. The molecule has 1 heterocycles. The number of rotatable bonds is 8. The molecule has 2 N–H and O–H groups in total. The minimum Gasteiger partial charge on any atom is -0.352 e. The van der Waals surface area contributed by atoms with Crippen LogP contribution in [0.4, 0.5) is 14.5 Å². The van der Waals surface area contributed by atoms with Crippen LogP contribution in [0.5, 0.6) is 0 Å². The Kier molecular flexibility index (Phi) is 7.97. The SMILES string of the molecule is O=C(NCCCN1CCCCCC1)c1ccc(NS(=O)(=O)c2ccc(F)c(F)c2)cc1. The Bertz CT molecular complexity index is 990. The van der Waals surface area contributed by atoms with Crippen molar-refractivity contribution in [2.24, 2.45) is 0 Å². The molecule has 0 saturated carbocycles. The van der Waals surface area contributed by atoms with Gasteiger partial charge in [0.15, 0.2) is 11.6 Å². The molecular weight excluding hydrogens is 424 g/mol. The molecular formula is C22H27F2N3O3S. The molecule has 168 valence electrons. The predicted octanol–water partition coefficient (Wildman–Crippen LogP) is 3.76. The molecule has 1 fully saturated rings. The van der Waals surface area contributed by atoms with Gasteiger partial charge < -0.3 is 10.2 Å². The Balaban J connectivity index is 1.49. The van der Waals surface area contributed by atoms with Crippen LogP contribution >= 0.6 is 0 Å². The van der Waals surface area contributed by atoms with E-state index < -0.39 is 26.6 Å². The van der Waals surface area contributed by atoms with Crippen LogP contribution in [0.3, 0.4) is 0 Å². The van der Waals surface area contributed by atoms with Gasteiger partial charge >= 0.3 is 0 Å². The van der Waals surface area contributed by atoms with Crippen LogP contribution in [0.1, 0.15) is 42.5 Å². The number of nitrogens with one attached hydrogen (secondary N) is 2. The molecule has 0 aromatic heterocycles. The van der Waals surface area contributed by atoms with E-state index in [4.69, 9.17) is 0 Å². The van der Waals surface area contributed by atoms with Crippen LogP contribution in [-0.2, 0) is 10.0 Å². The lowest BCUT2D eigenvalue weighted by Gasteiger charge is -2.19. The van der Waals surface area contributed by atoms with E-state index in [9.17, 15) is 22.0 Å². The van der Waals surface area contributed by atoms with Crippen LogP contribution in [-0.4, -0.2) is 45.4 Å². The van der Waals surface area contributed by atoms with Crippen LogP contribution < -0.4 is 10.0 Å². The van der Waals surface area contributed by atoms with Crippen molar-refractivity contribution in [3.05, 3.63) is 59.7 Å². The van der Waals surface area contributed by atoms with Crippen LogP contribution in [0.25, 0.3) is 0 Å². The predicted molar refractivity (Wildman–Crippen MR) is 115 cm³/mol. The Morgan fingerprint density at radius 2 is 1.61 bits per heavy atom. The maximum absolute atomic E-state index is 13.3. The van der Waals surface area contributed by atoms with Gasteiger partial charge in [-0.05, 0) is 81.4 Å². The topological polar surface area (TPSA) is 78.5 Å². The summed E-state index contributed by atoms with van der Waals surface area (Å²) < 4.78 is 53.3. The average Bonchev–Trinajstić information content (AvgIpc) is 3.02. The largest absolute Gasteiger partial charge is 0.352 e. The zero-order valence-corrected chi connectivity index (χ0v) is 18.1. The number of sulfonamides is 1. The van der Waals surface area contributed by atoms with Gasteiger partial charge in [-0.15, -0.1) is 0 Å². The molecule has 0 spiro atoms. The smallest absolute Gasteiger partial charge is 0.261 e. The fourth-order valence-corrected chi connectivity index (χ4v) is 4.58. The second-order valence-electron chi connectivity index (χ2n) is 7.62. The van der Waals surface area contributed by atoms with Crippen molar-refractivity contribution in [1.29, 1.82) is 0 Å². The summed E-state index contributed by atoms with van der Waals surface area (Å²) in [6.07, 6.45) is 5.93. The average molecular weight is 452 g/mol. The number of likely N-dealkylation sites (tertiary alicyclic amines) is 1. The molecule has 6 nitrogen and oxygen atoms in total. The molecule has 9 heteroatoms. The first-order valence-corrected chi connectivity index (χ1v) is 11.9. The zero-order valence-electron chi connectivity index (χ0n) is 17.2. The molecule has 0 atom stereocenters. The van der Waals surface area contributed by atoms with Crippen molar-refractivity contribution in [2.45, 2.75) is 37.0 Å². The zero-order chi connectivity index (χ0) is 22.3. The summed E-state index contributed by atoms with van der Waals surface area (Å²) in [5.41, 5.74) is 0.619. The molecule has 1 saturated heterocycles. The van der Waals surface area contributed by atoms with Crippen LogP contribution in [0.15, 0.2) is 47.4 Å². The third-order valence-electron chi connectivity index (χ3n) is 5.24. The minimum atomic E-state index is -4.08. The molecule has 2 aromatic rings. The minimum absolute atomic E-state index is 0.211. The molecule has 0 bridgehead atoms. The summed E-state index contributed by atoms with van der Waals surface area (Å²) in [6.45, 7) is 3.77. The number of amides is 1. The Labute approximate surface area is 181 Å². The van der Waals surface area contributed by atoms with Crippen molar-refractivity contribution in [3.8, 4) is 0 Å². The van der Waals surface area contributed by atoms with E-state index in [1.165, 1.54) is 49.9 Å². The van der Waals surface area contributed by atoms with E-state index in [2.05, 4.69) is 14.9 Å². The van der Waals surface area contributed by atoms with E-state index >= 15 is 0 Å². The number of hydrogen-bond donors (Lipinski definition) is 2. The highest BCUT2D eigenvalue weighted by atomic mass is 32.2. The van der Waals surface area contributed by atoms with Gasteiger partial charge in [0.05, 0.1) is 4.90 Å². The third kappa shape index (κ3) is 6.73. The van der Waals surface area contributed by atoms with Gasteiger partial charge in [-0.2, -0.15) is 0 Å². The van der Waals surface area contributed by atoms with Crippen molar-refractivity contribution in [2.75, 3.05) is 30.9 Å². The van der Waals surface area contributed by atoms with Gasteiger partial charge in [-0.25, -0.2) is 17.2 Å². The third-order valence-corrected chi connectivity index (χ3v) is 6.61. The molecule has 3 rings (SSSR count). The summed E-state index contributed by atoms with van der Waals surface area (Å²) in [7, 11) is -4.08. The fraction of sp³-hybridized carbons (Fsp3) is 0.409. The number of nitrogens with zero attached hydrogens (tertiary/aromatic N) is 1. The lowest BCUT2D eigenvalue weighted by Crippen LogP contribution is -2.30. The van der Waals surface area contributed by atoms with Gasteiger partial charge in [0, 0.05) is 17.8 Å². The van der Waals surface area contributed by atoms with Crippen molar-refractivity contribution < 1.29 is 22.0 Å². The maximum atomic E-state index is 13.3. The van der Waals surface area contributed by atoms with E-state index in [-0.39, 0.29) is 11.6 Å². The molecule has 0 aliphatic carbocycles. The summed E-state index contributed by atoms with van der Waals surface area (Å²) in [4.78, 5) is 14.3.